The smallest absolute Gasteiger partial charge is 0.264 e. The van der Waals surface area contributed by atoms with E-state index in [-0.39, 0.29) is 18.5 Å². The minimum absolute atomic E-state index is 0.000307. The maximum Gasteiger partial charge on any atom is 0.264 e. The number of benzene rings is 1. The fraction of sp³-hybridized carbons (Fsp3) is 0.500. The van der Waals surface area contributed by atoms with Gasteiger partial charge in [0.1, 0.15) is 5.75 Å². The molecule has 1 fully saturated rings. The number of sulfone groups is 1. The summed E-state index contributed by atoms with van der Waals surface area (Å²) in [6, 6.07) is 10.8. The molecule has 1 aliphatic heterocycles. The predicted molar refractivity (Wildman–Crippen MR) is 130 cm³/mol. The SMILES string of the molecule is CC(CCn1ccc(-c2ccc(OCCCN3CCCC3)cc2)cc1=O)(C(=O)NO)S(C)(=O)=O. The monoisotopic (exact) mass is 491 g/mol. The first-order valence-corrected chi connectivity index (χ1v) is 13.3. The first-order valence-electron chi connectivity index (χ1n) is 11.4. The van der Waals surface area contributed by atoms with Gasteiger partial charge in [-0.1, -0.05) is 12.1 Å². The van der Waals surface area contributed by atoms with Gasteiger partial charge in [-0.2, -0.15) is 0 Å². The standard InChI is InChI=1S/C24H33N3O6S/c1-24(23(29)25-30,34(2,31)32)11-16-27-15-10-20(18-22(27)28)19-6-8-21(9-7-19)33-17-5-14-26-12-3-4-13-26/h6-10,15,18,30H,3-5,11-14,16-17H2,1-2H3,(H,25,29). The van der Waals surface area contributed by atoms with Crippen LogP contribution < -0.4 is 15.8 Å². The van der Waals surface area contributed by atoms with E-state index < -0.39 is 20.5 Å². The fourth-order valence-electron chi connectivity index (χ4n) is 4.02. The van der Waals surface area contributed by atoms with Gasteiger partial charge in [-0.3, -0.25) is 14.8 Å². The van der Waals surface area contributed by atoms with Gasteiger partial charge < -0.3 is 14.2 Å². The maximum atomic E-state index is 12.6. The molecule has 1 saturated heterocycles. The fourth-order valence-corrected chi connectivity index (χ4v) is 4.86. The lowest BCUT2D eigenvalue weighted by Crippen LogP contribution is -2.49. The first-order chi connectivity index (χ1) is 16.1. The molecule has 2 heterocycles. The van der Waals surface area contributed by atoms with E-state index in [1.807, 2.05) is 24.3 Å². The zero-order valence-electron chi connectivity index (χ0n) is 19.7. The molecule has 1 aromatic heterocycles. The van der Waals surface area contributed by atoms with Crippen LogP contribution >= 0.6 is 0 Å². The Morgan fingerprint density at radius 3 is 2.38 bits per heavy atom. The van der Waals surface area contributed by atoms with Gasteiger partial charge in [0.25, 0.3) is 11.5 Å². The average Bonchev–Trinajstić information content (AvgIpc) is 3.33. The third-order valence-corrected chi connectivity index (χ3v) is 8.53. The van der Waals surface area contributed by atoms with E-state index in [0.29, 0.717) is 6.61 Å². The van der Waals surface area contributed by atoms with Gasteiger partial charge in [0, 0.05) is 31.6 Å². The number of likely N-dealkylation sites (tertiary alicyclic amines) is 1. The molecule has 1 aromatic carbocycles. The van der Waals surface area contributed by atoms with Gasteiger partial charge in [-0.05, 0) is 75.0 Å². The largest absolute Gasteiger partial charge is 0.494 e. The number of hydrogen-bond acceptors (Lipinski definition) is 7. The van der Waals surface area contributed by atoms with Gasteiger partial charge in [-0.15, -0.1) is 0 Å². The highest BCUT2D eigenvalue weighted by molar-refractivity contribution is 7.92. The van der Waals surface area contributed by atoms with Crippen molar-refractivity contribution in [2.45, 2.75) is 43.9 Å². The summed E-state index contributed by atoms with van der Waals surface area (Å²) in [5.74, 6) is -0.251. The number of nitrogens with zero attached hydrogens (tertiary/aromatic N) is 2. The van der Waals surface area contributed by atoms with Crippen LogP contribution in [0, 0.1) is 0 Å². The lowest BCUT2D eigenvalue weighted by molar-refractivity contribution is -0.131. The topological polar surface area (TPSA) is 118 Å². The van der Waals surface area contributed by atoms with Crippen LogP contribution in [0.4, 0.5) is 0 Å². The molecule has 9 nitrogen and oxygen atoms in total. The zero-order chi connectivity index (χ0) is 24.8. The van der Waals surface area contributed by atoms with E-state index in [1.54, 1.807) is 12.3 Å². The molecule has 1 atom stereocenters. The van der Waals surface area contributed by atoms with Crippen LogP contribution in [-0.2, 0) is 21.2 Å². The lowest BCUT2D eigenvalue weighted by atomic mass is 10.1. The van der Waals surface area contributed by atoms with E-state index >= 15 is 0 Å². The molecule has 2 aromatic rings. The van der Waals surface area contributed by atoms with Crippen molar-refractivity contribution in [1.29, 1.82) is 0 Å². The summed E-state index contributed by atoms with van der Waals surface area (Å²) in [4.78, 5) is 27.0. The third-order valence-electron chi connectivity index (χ3n) is 6.50. The molecule has 0 saturated carbocycles. The van der Waals surface area contributed by atoms with Crippen LogP contribution in [0.25, 0.3) is 11.1 Å². The summed E-state index contributed by atoms with van der Waals surface area (Å²) >= 11 is 0. The van der Waals surface area contributed by atoms with Gasteiger partial charge in [0.2, 0.25) is 0 Å². The molecule has 3 rings (SSSR count). The number of amides is 1. The van der Waals surface area contributed by atoms with Crippen molar-refractivity contribution in [2.24, 2.45) is 0 Å². The second-order valence-electron chi connectivity index (χ2n) is 8.92. The summed E-state index contributed by atoms with van der Waals surface area (Å²) in [5.41, 5.74) is 2.67. The number of carbonyl (C=O) groups is 1. The van der Waals surface area contributed by atoms with Gasteiger partial charge >= 0.3 is 0 Å². The summed E-state index contributed by atoms with van der Waals surface area (Å²) in [7, 11) is -3.83. The second kappa shape index (κ2) is 11.2. The van der Waals surface area contributed by atoms with E-state index in [4.69, 9.17) is 9.94 Å². The van der Waals surface area contributed by atoms with Crippen LogP contribution in [0.15, 0.2) is 47.4 Å². The van der Waals surface area contributed by atoms with Crippen molar-refractivity contribution in [3.05, 3.63) is 52.9 Å². The predicted octanol–water partition coefficient (Wildman–Crippen LogP) is 2.08. The molecule has 0 spiro atoms. The molecule has 1 aliphatic rings. The molecule has 0 radical (unpaired) electrons. The van der Waals surface area contributed by atoms with Crippen LogP contribution in [0.1, 0.15) is 32.6 Å². The summed E-state index contributed by atoms with van der Waals surface area (Å²) in [5, 5.41) is 8.93. The molecule has 186 valence electrons. The van der Waals surface area contributed by atoms with Crippen LogP contribution in [0.2, 0.25) is 0 Å². The number of aryl methyl sites for hydroxylation is 1. The summed E-state index contributed by atoms with van der Waals surface area (Å²) < 4.78 is 29.5. The van der Waals surface area contributed by atoms with Crippen molar-refractivity contribution >= 4 is 15.7 Å². The van der Waals surface area contributed by atoms with E-state index in [0.717, 1.165) is 36.1 Å². The van der Waals surface area contributed by atoms with Crippen LogP contribution in [0.5, 0.6) is 5.75 Å². The average molecular weight is 492 g/mol. The molecule has 0 aliphatic carbocycles. The van der Waals surface area contributed by atoms with Crippen molar-refractivity contribution in [3.8, 4) is 16.9 Å². The Morgan fingerprint density at radius 2 is 1.79 bits per heavy atom. The molecule has 34 heavy (non-hydrogen) atoms. The first kappa shape index (κ1) is 25.9. The Kier molecular flexibility index (Phi) is 8.51. The second-order valence-corrected chi connectivity index (χ2v) is 11.4. The van der Waals surface area contributed by atoms with E-state index in [9.17, 15) is 18.0 Å². The Balaban J connectivity index is 1.59. The normalized spacial score (nSPS) is 16.2. The minimum atomic E-state index is -3.83. The quantitative estimate of drug-likeness (QED) is 0.281. The molecule has 2 N–H and O–H groups in total. The Morgan fingerprint density at radius 1 is 1.12 bits per heavy atom. The molecular weight excluding hydrogens is 458 g/mol. The highest BCUT2D eigenvalue weighted by Crippen LogP contribution is 2.23. The van der Waals surface area contributed by atoms with Crippen LogP contribution in [-0.4, -0.2) is 66.2 Å². The van der Waals surface area contributed by atoms with E-state index in [1.165, 1.54) is 49.0 Å². The Hall–Kier alpha value is -2.69. The zero-order valence-corrected chi connectivity index (χ0v) is 20.5. The number of hydrogen-bond donors (Lipinski definition) is 2. The number of nitrogens with one attached hydrogen (secondary N) is 1. The number of ether oxygens (including phenoxy) is 1. The van der Waals surface area contributed by atoms with Gasteiger partial charge in [0.05, 0.1) is 6.61 Å². The highest BCUT2D eigenvalue weighted by atomic mass is 32.2. The van der Waals surface area contributed by atoms with Crippen molar-refractivity contribution < 1.29 is 23.2 Å². The lowest BCUT2D eigenvalue weighted by Gasteiger charge is -2.25. The number of hydroxylamine groups is 1. The van der Waals surface area contributed by atoms with Crippen molar-refractivity contribution in [3.63, 3.8) is 0 Å². The Bertz CT molecular complexity index is 1140. The van der Waals surface area contributed by atoms with Gasteiger partial charge in [-0.25, -0.2) is 13.9 Å². The molecule has 10 heteroatoms. The number of rotatable bonds is 11. The Labute approximate surface area is 200 Å². The number of aromatic nitrogens is 1. The molecule has 0 bridgehead atoms. The highest BCUT2D eigenvalue weighted by Gasteiger charge is 2.43. The summed E-state index contributed by atoms with van der Waals surface area (Å²) in [6.07, 6.45) is 5.89. The number of pyridine rings is 1. The third kappa shape index (κ3) is 6.25. The van der Waals surface area contributed by atoms with Crippen LogP contribution in [0.3, 0.4) is 0 Å². The van der Waals surface area contributed by atoms with Gasteiger partial charge in [0.15, 0.2) is 14.6 Å². The number of carbonyl (C=O) groups excluding carboxylic acids is 1. The molecule has 1 amide bonds. The molecule has 1 unspecified atom stereocenters. The summed E-state index contributed by atoms with van der Waals surface area (Å²) in [6.45, 7) is 5.31. The van der Waals surface area contributed by atoms with Crippen molar-refractivity contribution in [2.75, 3.05) is 32.5 Å². The maximum absolute atomic E-state index is 12.6. The minimum Gasteiger partial charge on any atom is -0.494 e. The van der Waals surface area contributed by atoms with E-state index in [2.05, 4.69) is 4.90 Å². The molecular formula is C24H33N3O6S. The van der Waals surface area contributed by atoms with Crippen molar-refractivity contribution in [1.82, 2.24) is 14.9 Å².